The average Bonchev–Trinajstić information content (AvgIpc) is 2.37. The van der Waals surface area contributed by atoms with Crippen LogP contribution in [0.2, 0.25) is 0 Å². The number of carbonyl (C=O) groups is 1. The highest BCUT2D eigenvalue weighted by atomic mass is 32.1. The molecule has 1 rings (SSSR count). The first-order chi connectivity index (χ1) is 9.74. The van der Waals surface area contributed by atoms with E-state index in [1.54, 1.807) is 0 Å². The maximum Gasteiger partial charge on any atom is 0.416 e. The van der Waals surface area contributed by atoms with Crippen LogP contribution in [-0.2, 0) is 17.4 Å². The van der Waals surface area contributed by atoms with Crippen molar-refractivity contribution in [3.8, 4) is 0 Å². The van der Waals surface area contributed by atoms with Gasteiger partial charge in [0.1, 0.15) is 0 Å². The SMILES string of the molecule is CCCN(CC(N)=S)C(=O)Cc1ccc(C(F)(F)F)cc1. The van der Waals surface area contributed by atoms with Crippen molar-refractivity contribution in [2.24, 2.45) is 5.73 Å². The maximum absolute atomic E-state index is 12.5. The Morgan fingerprint density at radius 2 is 1.86 bits per heavy atom. The van der Waals surface area contributed by atoms with E-state index in [4.69, 9.17) is 18.0 Å². The molecule has 0 aliphatic heterocycles. The van der Waals surface area contributed by atoms with Crippen molar-refractivity contribution < 1.29 is 18.0 Å². The van der Waals surface area contributed by atoms with Crippen LogP contribution in [-0.4, -0.2) is 28.9 Å². The smallest absolute Gasteiger partial charge is 0.392 e. The number of rotatable bonds is 6. The molecule has 3 nitrogen and oxygen atoms in total. The highest BCUT2D eigenvalue weighted by molar-refractivity contribution is 7.80. The summed E-state index contributed by atoms with van der Waals surface area (Å²) in [5, 5.41) is 0. The third kappa shape index (κ3) is 5.71. The molecule has 21 heavy (non-hydrogen) atoms. The molecule has 0 aromatic heterocycles. The van der Waals surface area contributed by atoms with Crippen molar-refractivity contribution >= 4 is 23.1 Å². The Kier molecular flexibility index (Phi) is 6.14. The zero-order chi connectivity index (χ0) is 16.0. The summed E-state index contributed by atoms with van der Waals surface area (Å²) in [6.45, 7) is 2.61. The fraction of sp³-hybridized carbons (Fsp3) is 0.429. The van der Waals surface area contributed by atoms with Gasteiger partial charge in [0.15, 0.2) is 0 Å². The number of amides is 1. The fourth-order valence-corrected chi connectivity index (χ4v) is 2.00. The molecule has 1 aromatic rings. The van der Waals surface area contributed by atoms with E-state index in [9.17, 15) is 18.0 Å². The molecular weight excluding hydrogens is 301 g/mol. The second-order valence-electron chi connectivity index (χ2n) is 4.65. The van der Waals surface area contributed by atoms with Crippen molar-refractivity contribution in [3.05, 3.63) is 35.4 Å². The van der Waals surface area contributed by atoms with Gasteiger partial charge in [-0.15, -0.1) is 0 Å². The lowest BCUT2D eigenvalue weighted by Gasteiger charge is -2.21. The number of halogens is 3. The number of alkyl halides is 3. The Bertz CT molecular complexity index is 500. The molecule has 116 valence electrons. The topological polar surface area (TPSA) is 46.3 Å². The van der Waals surface area contributed by atoms with E-state index in [1.807, 2.05) is 6.92 Å². The summed E-state index contributed by atoms with van der Waals surface area (Å²) in [7, 11) is 0. The largest absolute Gasteiger partial charge is 0.416 e. The Balaban J connectivity index is 2.74. The lowest BCUT2D eigenvalue weighted by Crippen LogP contribution is -2.39. The quantitative estimate of drug-likeness (QED) is 0.821. The van der Waals surface area contributed by atoms with Crippen LogP contribution in [0.1, 0.15) is 24.5 Å². The minimum Gasteiger partial charge on any atom is -0.392 e. The first-order valence-corrected chi connectivity index (χ1v) is 6.87. The van der Waals surface area contributed by atoms with Crippen molar-refractivity contribution in [2.75, 3.05) is 13.1 Å². The predicted octanol–water partition coefficient (Wildman–Crippen LogP) is 2.77. The van der Waals surface area contributed by atoms with Crippen LogP contribution in [0.25, 0.3) is 0 Å². The summed E-state index contributed by atoms with van der Waals surface area (Å²) >= 11 is 4.79. The van der Waals surface area contributed by atoms with E-state index in [2.05, 4.69) is 0 Å². The minimum absolute atomic E-state index is 0.0285. The third-order valence-corrected chi connectivity index (χ3v) is 2.96. The molecule has 0 atom stereocenters. The predicted molar refractivity (Wildman–Crippen MR) is 78.8 cm³/mol. The van der Waals surface area contributed by atoms with Crippen LogP contribution in [0.15, 0.2) is 24.3 Å². The molecule has 7 heteroatoms. The standard InChI is InChI=1S/C14H17F3N2OS/c1-2-7-19(9-12(18)21)13(20)8-10-3-5-11(6-4-10)14(15,16)17/h3-6H,2,7-9H2,1H3,(H2,18,21). The van der Waals surface area contributed by atoms with Gasteiger partial charge in [-0.05, 0) is 24.1 Å². The molecule has 0 heterocycles. The van der Waals surface area contributed by atoms with Gasteiger partial charge >= 0.3 is 6.18 Å². The summed E-state index contributed by atoms with van der Waals surface area (Å²) in [6, 6.07) is 4.57. The van der Waals surface area contributed by atoms with Gasteiger partial charge < -0.3 is 10.6 Å². The normalized spacial score (nSPS) is 11.2. The molecule has 1 aromatic carbocycles. The van der Waals surface area contributed by atoms with Gasteiger partial charge in [0, 0.05) is 6.54 Å². The van der Waals surface area contributed by atoms with Gasteiger partial charge in [0.05, 0.1) is 23.5 Å². The van der Waals surface area contributed by atoms with Crippen LogP contribution in [0.5, 0.6) is 0 Å². The molecule has 2 N–H and O–H groups in total. The molecule has 0 bridgehead atoms. The average molecular weight is 318 g/mol. The summed E-state index contributed by atoms with van der Waals surface area (Å²) in [5.41, 5.74) is 5.23. The van der Waals surface area contributed by atoms with Crippen LogP contribution >= 0.6 is 12.2 Å². The monoisotopic (exact) mass is 318 g/mol. The lowest BCUT2D eigenvalue weighted by atomic mass is 10.1. The zero-order valence-corrected chi connectivity index (χ0v) is 12.4. The van der Waals surface area contributed by atoms with E-state index in [0.717, 1.165) is 18.6 Å². The Hall–Kier alpha value is -1.63. The summed E-state index contributed by atoms with van der Waals surface area (Å²) in [4.78, 5) is 13.8. The summed E-state index contributed by atoms with van der Waals surface area (Å²) < 4.78 is 37.4. The van der Waals surface area contributed by atoms with Crippen LogP contribution in [0, 0.1) is 0 Å². The van der Waals surface area contributed by atoms with Crippen molar-refractivity contribution in [1.82, 2.24) is 4.90 Å². The Morgan fingerprint density at radius 1 is 1.29 bits per heavy atom. The number of hydrogen-bond donors (Lipinski definition) is 1. The molecule has 0 aliphatic rings. The van der Waals surface area contributed by atoms with Crippen molar-refractivity contribution in [1.29, 1.82) is 0 Å². The first-order valence-electron chi connectivity index (χ1n) is 6.46. The van der Waals surface area contributed by atoms with Crippen LogP contribution in [0.4, 0.5) is 13.2 Å². The van der Waals surface area contributed by atoms with Crippen molar-refractivity contribution in [2.45, 2.75) is 25.9 Å². The molecule has 1 amide bonds. The van der Waals surface area contributed by atoms with Crippen molar-refractivity contribution in [3.63, 3.8) is 0 Å². The number of benzene rings is 1. The highest BCUT2D eigenvalue weighted by Gasteiger charge is 2.30. The van der Waals surface area contributed by atoms with Crippen LogP contribution < -0.4 is 5.73 Å². The van der Waals surface area contributed by atoms with E-state index in [0.29, 0.717) is 12.1 Å². The molecule has 0 unspecified atom stereocenters. The second-order valence-corrected chi connectivity index (χ2v) is 5.18. The Morgan fingerprint density at radius 3 is 2.29 bits per heavy atom. The molecule has 0 saturated carbocycles. The summed E-state index contributed by atoms with van der Waals surface area (Å²) in [6.07, 6.45) is -3.59. The Labute approximate surface area is 126 Å². The second kappa shape index (κ2) is 7.40. The molecule has 0 radical (unpaired) electrons. The number of nitrogens with two attached hydrogens (primary N) is 1. The van der Waals surface area contributed by atoms with Gasteiger partial charge in [-0.2, -0.15) is 13.2 Å². The number of hydrogen-bond acceptors (Lipinski definition) is 2. The maximum atomic E-state index is 12.5. The number of nitrogens with zero attached hydrogens (tertiary/aromatic N) is 1. The molecule has 0 saturated heterocycles. The third-order valence-electron chi connectivity index (χ3n) is 2.83. The molecule has 0 spiro atoms. The minimum atomic E-state index is -4.37. The van der Waals surface area contributed by atoms with Gasteiger partial charge in [0.2, 0.25) is 5.91 Å². The summed E-state index contributed by atoms with van der Waals surface area (Å²) in [5.74, 6) is -0.204. The van der Waals surface area contributed by atoms with E-state index in [-0.39, 0.29) is 23.9 Å². The molecule has 0 aliphatic carbocycles. The van der Waals surface area contributed by atoms with Crippen LogP contribution in [0.3, 0.4) is 0 Å². The number of carbonyl (C=O) groups excluding carboxylic acids is 1. The molecule has 0 fully saturated rings. The van der Waals surface area contributed by atoms with Gasteiger partial charge in [0.25, 0.3) is 0 Å². The lowest BCUT2D eigenvalue weighted by molar-refractivity contribution is -0.137. The zero-order valence-electron chi connectivity index (χ0n) is 11.6. The van der Waals surface area contributed by atoms with Gasteiger partial charge in [-0.1, -0.05) is 31.3 Å². The van der Waals surface area contributed by atoms with Gasteiger partial charge in [-0.25, -0.2) is 0 Å². The first kappa shape index (κ1) is 17.4. The number of thiocarbonyl (C=S) groups is 1. The van der Waals surface area contributed by atoms with E-state index >= 15 is 0 Å². The van der Waals surface area contributed by atoms with E-state index < -0.39 is 11.7 Å². The van der Waals surface area contributed by atoms with Gasteiger partial charge in [-0.3, -0.25) is 4.79 Å². The highest BCUT2D eigenvalue weighted by Crippen LogP contribution is 2.29. The van der Waals surface area contributed by atoms with E-state index in [1.165, 1.54) is 17.0 Å². The molecular formula is C14H17F3N2OS. The fourth-order valence-electron chi connectivity index (χ4n) is 1.85.